The molecule has 1 aliphatic heterocycles. The van der Waals surface area contributed by atoms with Crippen molar-refractivity contribution < 1.29 is 0 Å². The fourth-order valence-corrected chi connectivity index (χ4v) is 5.02. The molecule has 2 heterocycles. The van der Waals surface area contributed by atoms with Crippen LogP contribution in [0.4, 0.5) is 0 Å². The molecule has 1 saturated heterocycles. The molecule has 5 rings (SSSR count). The number of hydrogen-bond donors (Lipinski definition) is 0. The normalized spacial score (nSPS) is 15.5. The van der Waals surface area contributed by atoms with Crippen LogP contribution in [-0.2, 0) is 6.54 Å². The lowest BCUT2D eigenvalue weighted by Gasteiger charge is -2.34. The second kappa shape index (κ2) is 10.8. The summed E-state index contributed by atoms with van der Waals surface area (Å²) in [5.74, 6) is 0. The maximum Gasteiger partial charge on any atom is 0.197 e. The number of unbranched alkanes of at least 4 members (excludes halogenated alkanes) is 1. The van der Waals surface area contributed by atoms with E-state index in [2.05, 4.69) is 69.0 Å². The highest BCUT2D eigenvalue weighted by molar-refractivity contribution is 5.93. The van der Waals surface area contributed by atoms with Gasteiger partial charge in [0.2, 0.25) is 0 Å². The molecule has 0 saturated carbocycles. The van der Waals surface area contributed by atoms with Crippen LogP contribution < -0.4 is 5.43 Å². The van der Waals surface area contributed by atoms with Gasteiger partial charge in [0, 0.05) is 50.0 Å². The second-order valence-electron chi connectivity index (χ2n) is 9.18. The van der Waals surface area contributed by atoms with Crippen molar-refractivity contribution in [1.82, 2.24) is 14.4 Å². The van der Waals surface area contributed by atoms with E-state index < -0.39 is 0 Å². The molecule has 0 bridgehead atoms. The molecule has 0 unspecified atom stereocenters. The van der Waals surface area contributed by atoms with Crippen molar-refractivity contribution in [3.05, 3.63) is 101 Å². The molecule has 0 radical (unpaired) electrons. The zero-order chi connectivity index (χ0) is 23.2. The number of rotatable bonds is 8. The maximum absolute atomic E-state index is 12.9. The molecule has 3 aromatic carbocycles. The van der Waals surface area contributed by atoms with Crippen molar-refractivity contribution in [2.45, 2.75) is 19.4 Å². The third kappa shape index (κ3) is 5.14. The molecule has 1 fully saturated rings. The maximum atomic E-state index is 12.9. The zero-order valence-electron chi connectivity index (χ0n) is 19.8. The minimum atomic E-state index is 0.138. The van der Waals surface area contributed by atoms with Crippen molar-refractivity contribution in [3.8, 4) is 0 Å². The summed E-state index contributed by atoms with van der Waals surface area (Å²) in [7, 11) is 0. The predicted octanol–water partition coefficient (Wildman–Crippen LogP) is 5.27. The van der Waals surface area contributed by atoms with Crippen LogP contribution in [0.15, 0.2) is 89.7 Å². The first kappa shape index (κ1) is 22.6. The number of para-hydroxylation sites is 2. The molecule has 34 heavy (non-hydrogen) atoms. The first-order chi connectivity index (χ1) is 16.8. The van der Waals surface area contributed by atoms with E-state index in [-0.39, 0.29) is 5.43 Å². The van der Waals surface area contributed by atoms with Gasteiger partial charge in [0.05, 0.1) is 11.0 Å². The van der Waals surface area contributed by atoms with E-state index in [0.717, 1.165) is 74.0 Å². The van der Waals surface area contributed by atoms with Crippen LogP contribution >= 0.6 is 0 Å². The van der Waals surface area contributed by atoms with Gasteiger partial charge >= 0.3 is 0 Å². The van der Waals surface area contributed by atoms with Gasteiger partial charge in [-0.1, -0.05) is 66.7 Å². The summed E-state index contributed by atoms with van der Waals surface area (Å²) in [6.45, 7) is 7.65. The van der Waals surface area contributed by atoms with Crippen LogP contribution in [0.1, 0.15) is 18.4 Å². The molecule has 0 atom stereocenters. The fraction of sp³-hybridized carbons (Fsp3) is 0.300. The van der Waals surface area contributed by atoms with Gasteiger partial charge in [0.25, 0.3) is 0 Å². The van der Waals surface area contributed by atoms with Crippen molar-refractivity contribution in [3.63, 3.8) is 0 Å². The molecular weight excluding hydrogens is 418 g/mol. The lowest BCUT2D eigenvalue weighted by atomic mass is 10.1. The first-order valence-electron chi connectivity index (χ1n) is 12.5. The van der Waals surface area contributed by atoms with E-state index in [1.165, 1.54) is 12.0 Å². The number of fused-ring (bicyclic) bond motifs is 2. The van der Waals surface area contributed by atoms with E-state index in [0.29, 0.717) is 0 Å². The van der Waals surface area contributed by atoms with Gasteiger partial charge in [-0.15, -0.1) is 0 Å². The van der Waals surface area contributed by atoms with Crippen molar-refractivity contribution >= 4 is 27.9 Å². The minimum Gasteiger partial charge on any atom is -0.340 e. The minimum absolute atomic E-state index is 0.138. The Morgan fingerprint density at radius 2 is 1.21 bits per heavy atom. The van der Waals surface area contributed by atoms with E-state index >= 15 is 0 Å². The summed E-state index contributed by atoms with van der Waals surface area (Å²) in [4.78, 5) is 18.0. The topological polar surface area (TPSA) is 28.5 Å². The second-order valence-corrected chi connectivity index (χ2v) is 9.18. The summed E-state index contributed by atoms with van der Waals surface area (Å²) in [6.07, 6.45) is 6.78. The Kier molecular flexibility index (Phi) is 7.18. The van der Waals surface area contributed by atoms with Gasteiger partial charge < -0.3 is 9.47 Å². The quantitative estimate of drug-likeness (QED) is 0.270. The average Bonchev–Trinajstić information content (AvgIpc) is 2.90. The van der Waals surface area contributed by atoms with Gasteiger partial charge in [-0.2, -0.15) is 0 Å². The number of hydrogen-bond acceptors (Lipinski definition) is 3. The van der Waals surface area contributed by atoms with Crippen LogP contribution in [0.5, 0.6) is 0 Å². The van der Waals surface area contributed by atoms with Crippen LogP contribution in [-0.4, -0.2) is 53.6 Å². The molecule has 0 N–H and O–H groups in total. The van der Waals surface area contributed by atoms with Crippen LogP contribution in [0.2, 0.25) is 0 Å². The Bertz CT molecular complexity index is 1260. The Labute approximate surface area is 201 Å². The monoisotopic (exact) mass is 451 g/mol. The summed E-state index contributed by atoms with van der Waals surface area (Å²) >= 11 is 0. The van der Waals surface area contributed by atoms with Gasteiger partial charge in [0.15, 0.2) is 5.43 Å². The fourth-order valence-electron chi connectivity index (χ4n) is 5.02. The van der Waals surface area contributed by atoms with Crippen molar-refractivity contribution in [2.24, 2.45) is 0 Å². The summed E-state index contributed by atoms with van der Waals surface area (Å²) in [5, 5.41) is 1.64. The largest absolute Gasteiger partial charge is 0.340 e. The number of piperazine rings is 1. The third-order valence-corrected chi connectivity index (χ3v) is 6.92. The molecule has 0 aliphatic carbocycles. The van der Waals surface area contributed by atoms with E-state index in [1.807, 2.05) is 36.4 Å². The van der Waals surface area contributed by atoms with Crippen molar-refractivity contribution in [1.29, 1.82) is 0 Å². The highest BCUT2D eigenvalue weighted by Gasteiger charge is 2.15. The zero-order valence-corrected chi connectivity index (χ0v) is 19.8. The molecule has 4 aromatic rings. The molecule has 0 spiro atoms. The third-order valence-electron chi connectivity index (χ3n) is 6.92. The molecule has 174 valence electrons. The SMILES string of the molecule is O=c1c2ccccc2n(CCCCN2CCN(C/C=C/c3ccccc3)CC2)c2ccccc12. The molecule has 1 aliphatic rings. The van der Waals surface area contributed by atoms with Gasteiger partial charge in [-0.3, -0.25) is 9.69 Å². The van der Waals surface area contributed by atoms with Crippen LogP contribution in [0, 0.1) is 0 Å². The van der Waals surface area contributed by atoms with E-state index in [9.17, 15) is 4.79 Å². The van der Waals surface area contributed by atoms with Crippen LogP contribution in [0.3, 0.4) is 0 Å². The standard InChI is InChI=1S/C30H33N3O/c34-30-26-14-4-6-16-28(26)33(29-17-7-5-15-27(29)30)20-9-8-18-31-21-23-32(24-22-31)19-10-13-25-11-2-1-3-12-25/h1-7,10-17H,8-9,18-24H2/b13-10+. The lowest BCUT2D eigenvalue weighted by Crippen LogP contribution is -2.46. The van der Waals surface area contributed by atoms with E-state index in [1.54, 1.807) is 0 Å². The van der Waals surface area contributed by atoms with Crippen LogP contribution in [0.25, 0.3) is 27.9 Å². The predicted molar refractivity (Wildman–Crippen MR) is 143 cm³/mol. The number of pyridine rings is 1. The Morgan fingerprint density at radius 1 is 0.647 bits per heavy atom. The van der Waals surface area contributed by atoms with E-state index in [4.69, 9.17) is 0 Å². The highest BCUT2D eigenvalue weighted by Crippen LogP contribution is 2.20. The Morgan fingerprint density at radius 3 is 1.88 bits per heavy atom. The Hall–Kier alpha value is -3.21. The first-order valence-corrected chi connectivity index (χ1v) is 12.5. The lowest BCUT2D eigenvalue weighted by molar-refractivity contribution is 0.140. The van der Waals surface area contributed by atoms with Gasteiger partial charge in [-0.25, -0.2) is 0 Å². The molecular formula is C30H33N3O. The van der Waals surface area contributed by atoms with Crippen molar-refractivity contribution in [2.75, 3.05) is 39.3 Å². The van der Waals surface area contributed by atoms with Gasteiger partial charge in [0.1, 0.15) is 0 Å². The number of aromatic nitrogens is 1. The summed E-state index contributed by atoms with van der Waals surface area (Å²) in [6, 6.07) is 26.6. The van der Waals surface area contributed by atoms with Gasteiger partial charge in [-0.05, 0) is 49.2 Å². The molecule has 0 amide bonds. The number of nitrogens with zero attached hydrogens (tertiary/aromatic N) is 3. The molecule has 4 heteroatoms. The number of benzene rings is 3. The smallest absolute Gasteiger partial charge is 0.197 e. The summed E-state index contributed by atoms with van der Waals surface area (Å²) < 4.78 is 2.34. The average molecular weight is 452 g/mol. The molecule has 4 nitrogen and oxygen atoms in total. The molecule has 1 aromatic heterocycles. The highest BCUT2D eigenvalue weighted by atomic mass is 16.1. The number of aryl methyl sites for hydroxylation is 1. The summed E-state index contributed by atoms with van der Waals surface area (Å²) in [5.41, 5.74) is 3.50. The Balaban J connectivity index is 1.13.